The Morgan fingerprint density at radius 2 is 2.00 bits per heavy atom. The molecule has 1 aliphatic rings. The van der Waals surface area contributed by atoms with Gasteiger partial charge < -0.3 is 5.11 Å². The second-order valence-corrected chi connectivity index (χ2v) is 10.5. The van der Waals surface area contributed by atoms with E-state index in [0.29, 0.717) is 17.3 Å². The Kier molecular flexibility index (Phi) is 6.44. The molecule has 0 aliphatic carbocycles. The highest BCUT2D eigenvalue weighted by molar-refractivity contribution is 7.98. The molecule has 0 spiro atoms. The Morgan fingerprint density at radius 3 is 2.71 bits per heavy atom. The number of thioether (sulfide) groups is 1. The Morgan fingerprint density at radius 1 is 1.23 bits per heavy atom. The SMILES string of the molecule is CCC1CN=CC(Cl)=C1n1nc(C(C)(C)O)cc1-c1ccc(-c2cccc(SC)c2)s1. The van der Waals surface area contributed by atoms with Crippen molar-refractivity contribution in [2.24, 2.45) is 10.9 Å². The van der Waals surface area contributed by atoms with Crippen molar-refractivity contribution >= 4 is 46.6 Å². The lowest BCUT2D eigenvalue weighted by Crippen LogP contribution is -2.20. The standard InChI is InChI=1S/C24H26ClN3OS2/c1-5-15-13-26-14-18(25)23(15)28-19(12-22(27-28)24(2,3)29)21-10-9-20(31-21)16-7-6-8-17(11-16)30-4/h6-12,14-15,29H,5,13H2,1-4H3. The van der Waals surface area contributed by atoms with Crippen LogP contribution in [0.2, 0.25) is 0 Å². The zero-order valence-electron chi connectivity index (χ0n) is 18.1. The number of nitrogens with zero attached hydrogens (tertiary/aromatic N) is 3. The minimum Gasteiger partial charge on any atom is -0.384 e. The van der Waals surface area contributed by atoms with Gasteiger partial charge in [0.05, 0.1) is 27.0 Å². The largest absolute Gasteiger partial charge is 0.384 e. The van der Waals surface area contributed by atoms with Gasteiger partial charge in [-0.15, -0.1) is 23.1 Å². The number of rotatable bonds is 6. The van der Waals surface area contributed by atoms with E-state index < -0.39 is 5.60 Å². The molecule has 31 heavy (non-hydrogen) atoms. The average molecular weight is 472 g/mol. The molecule has 0 amide bonds. The summed E-state index contributed by atoms with van der Waals surface area (Å²) in [6, 6.07) is 14.8. The molecule has 1 aromatic carbocycles. The Balaban J connectivity index is 1.84. The molecule has 3 heterocycles. The summed E-state index contributed by atoms with van der Waals surface area (Å²) in [4.78, 5) is 7.92. The van der Waals surface area contributed by atoms with E-state index in [4.69, 9.17) is 16.7 Å². The molecule has 4 rings (SSSR count). The molecule has 0 saturated carbocycles. The summed E-state index contributed by atoms with van der Waals surface area (Å²) in [6.45, 7) is 6.34. The Hall–Kier alpha value is -1.86. The lowest BCUT2D eigenvalue weighted by Gasteiger charge is -2.23. The predicted octanol–water partition coefficient (Wildman–Crippen LogP) is 6.75. The summed E-state index contributed by atoms with van der Waals surface area (Å²) in [5.74, 6) is 0.184. The molecule has 1 atom stereocenters. The van der Waals surface area contributed by atoms with E-state index in [-0.39, 0.29) is 5.92 Å². The van der Waals surface area contributed by atoms with Gasteiger partial charge in [-0.1, -0.05) is 30.7 Å². The second-order valence-electron chi connectivity index (χ2n) is 8.11. The highest BCUT2D eigenvalue weighted by Crippen LogP contribution is 2.40. The summed E-state index contributed by atoms with van der Waals surface area (Å²) >= 11 is 10.1. The number of benzene rings is 1. The Labute approximate surface area is 196 Å². The van der Waals surface area contributed by atoms with Gasteiger partial charge in [0, 0.05) is 28.4 Å². The van der Waals surface area contributed by atoms with Gasteiger partial charge in [-0.3, -0.25) is 4.99 Å². The van der Waals surface area contributed by atoms with Gasteiger partial charge in [0.1, 0.15) is 5.60 Å². The van der Waals surface area contributed by atoms with Gasteiger partial charge in [0.25, 0.3) is 0 Å². The fourth-order valence-electron chi connectivity index (χ4n) is 3.65. The number of dihydropyridines is 1. The maximum atomic E-state index is 10.7. The number of allylic oxidation sites excluding steroid dienone is 1. The number of hydrogen-bond acceptors (Lipinski definition) is 5. The van der Waals surface area contributed by atoms with Crippen LogP contribution in [0.15, 0.2) is 57.4 Å². The van der Waals surface area contributed by atoms with Crippen LogP contribution in [0.3, 0.4) is 0 Å². The number of hydrogen-bond donors (Lipinski definition) is 1. The molecule has 0 fully saturated rings. The zero-order chi connectivity index (χ0) is 22.2. The van der Waals surface area contributed by atoms with E-state index in [1.165, 1.54) is 15.3 Å². The third-order valence-electron chi connectivity index (χ3n) is 5.43. The first-order chi connectivity index (χ1) is 14.8. The van der Waals surface area contributed by atoms with Crippen molar-refractivity contribution in [2.45, 2.75) is 37.7 Å². The van der Waals surface area contributed by atoms with Crippen LogP contribution in [0.5, 0.6) is 0 Å². The maximum Gasteiger partial charge on any atom is 0.103 e. The van der Waals surface area contributed by atoms with Crippen molar-refractivity contribution in [3.05, 3.63) is 53.2 Å². The first-order valence-corrected chi connectivity index (χ1v) is 12.7. The van der Waals surface area contributed by atoms with Crippen LogP contribution < -0.4 is 0 Å². The second kappa shape index (κ2) is 8.94. The van der Waals surface area contributed by atoms with Crippen molar-refractivity contribution in [2.75, 3.05) is 12.8 Å². The first-order valence-electron chi connectivity index (χ1n) is 10.3. The minimum absolute atomic E-state index is 0.184. The van der Waals surface area contributed by atoms with Gasteiger partial charge in [0.2, 0.25) is 0 Å². The predicted molar refractivity (Wildman–Crippen MR) is 134 cm³/mol. The third kappa shape index (κ3) is 4.53. The summed E-state index contributed by atoms with van der Waals surface area (Å²) in [7, 11) is 0. The van der Waals surface area contributed by atoms with Crippen LogP contribution in [-0.4, -0.2) is 33.9 Å². The zero-order valence-corrected chi connectivity index (χ0v) is 20.5. The summed E-state index contributed by atoms with van der Waals surface area (Å²) < 4.78 is 1.92. The fraction of sp³-hybridized carbons (Fsp3) is 0.333. The fourth-order valence-corrected chi connectivity index (χ4v) is 5.42. The summed E-state index contributed by atoms with van der Waals surface area (Å²) in [6.07, 6.45) is 4.72. The van der Waals surface area contributed by atoms with Crippen LogP contribution in [0, 0.1) is 5.92 Å². The molecule has 1 unspecified atom stereocenters. The molecule has 2 aromatic heterocycles. The van der Waals surface area contributed by atoms with E-state index in [0.717, 1.165) is 22.7 Å². The van der Waals surface area contributed by atoms with E-state index in [9.17, 15) is 5.11 Å². The van der Waals surface area contributed by atoms with Crippen molar-refractivity contribution in [1.29, 1.82) is 0 Å². The molecule has 162 valence electrons. The lowest BCUT2D eigenvalue weighted by molar-refractivity contribution is 0.0734. The number of aliphatic imine (C=N–C) groups is 1. The lowest BCUT2D eigenvalue weighted by atomic mass is 10.00. The minimum atomic E-state index is -1.05. The summed E-state index contributed by atoms with van der Waals surface area (Å²) in [5.41, 5.74) is 2.66. The number of aliphatic hydroxyl groups is 1. The highest BCUT2D eigenvalue weighted by atomic mass is 35.5. The van der Waals surface area contributed by atoms with E-state index in [2.05, 4.69) is 54.6 Å². The normalized spacial score (nSPS) is 16.9. The van der Waals surface area contributed by atoms with Crippen LogP contribution >= 0.6 is 34.7 Å². The molecule has 0 bridgehead atoms. The molecular formula is C24H26ClN3OS2. The number of aromatic nitrogens is 2. The van der Waals surface area contributed by atoms with Crippen LogP contribution in [0.1, 0.15) is 32.9 Å². The maximum absolute atomic E-state index is 10.7. The highest BCUT2D eigenvalue weighted by Gasteiger charge is 2.28. The van der Waals surface area contributed by atoms with Gasteiger partial charge in [-0.05, 0) is 62.4 Å². The Bertz CT molecular complexity index is 1150. The van der Waals surface area contributed by atoms with E-state index in [1.54, 1.807) is 43.2 Å². The topological polar surface area (TPSA) is 50.4 Å². The van der Waals surface area contributed by atoms with Gasteiger partial charge in [-0.2, -0.15) is 5.10 Å². The molecule has 1 N–H and O–H groups in total. The summed E-state index contributed by atoms with van der Waals surface area (Å²) in [5, 5.41) is 16.1. The van der Waals surface area contributed by atoms with Gasteiger partial charge in [-0.25, -0.2) is 4.68 Å². The third-order valence-corrected chi connectivity index (χ3v) is 7.61. The molecule has 0 saturated heterocycles. The molecular weight excluding hydrogens is 446 g/mol. The smallest absolute Gasteiger partial charge is 0.103 e. The van der Waals surface area contributed by atoms with Crippen molar-refractivity contribution in [3.8, 4) is 21.0 Å². The quantitative estimate of drug-likeness (QED) is 0.404. The first kappa shape index (κ1) is 22.3. The van der Waals surface area contributed by atoms with Gasteiger partial charge >= 0.3 is 0 Å². The molecule has 3 aromatic rings. The van der Waals surface area contributed by atoms with Crippen LogP contribution in [-0.2, 0) is 5.60 Å². The monoisotopic (exact) mass is 471 g/mol. The molecule has 4 nitrogen and oxygen atoms in total. The van der Waals surface area contributed by atoms with Crippen molar-refractivity contribution < 1.29 is 5.11 Å². The van der Waals surface area contributed by atoms with Crippen molar-refractivity contribution in [1.82, 2.24) is 9.78 Å². The van der Waals surface area contributed by atoms with Gasteiger partial charge in [0.15, 0.2) is 0 Å². The van der Waals surface area contributed by atoms with E-state index >= 15 is 0 Å². The van der Waals surface area contributed by atoms with Crippen LogP contribution in [0.25, 0.3) is 26.7 Å². The average Bonchev–Trinajstić information content (AvgIpc) is 3.40. The van der Waals surface area contributed by atoms with Crippen molar-refractivity contribution in [3.63, 3.8) is 0 Å². The van der Waals surface area contributed by atoms with Crippen LogP contribution in [0.4, 0.5) is 0 Å². The molecule has 1 aliphatic heterocycles. The molecule has 7 heteroatoms. The number of halogens is 1. The number of thiophene rings is 1. The molecule has 0 radical (unpaired) electrons. The van der Waals surface area contributed by atoms with E-state index in [1.807, 2.05) is 10.7 Å².